The fourth-order valence-electron chi connectivity index (χ4n) is 2.84. The molecule has 0 aliphatic carbocycles. The van der Waals surface area contributed by atoms with Crippen LogP contribution in [0.2, 0.25) is 5.02 Å². The number of aryl methyl sites for hydroxylation is 2. The summed E-state index contributed by atoms with van der Waals surface area (Å²) in [7, 11) is 1.89. The number of hydrogen-bond acceptors (Lipinski definition) is 4. The molecule has 5 nitrogen and oxygen atoms in total. The first-order valence-electron chi connectivity index (χ1n) is 7.78. The van der Waals surface area contributed by atoms with Gasteiger partial charge in [-0.25, -0.2) is 0 Å². The van der Waals surface area contributed by atoms with Crippen LogP contribution >= 0.6 is 22.9 Å². The molecule has 0 saturated carbocycles. The summed E-state index contributed by atoms with van der Waals surface area (Å²) in [6.07, 6.45) is 0. The number of amides is 1. The van der Waals surface area contributed by atoms with Gasteiger partial charge in [0, 0.05) is 17.6 Å². The van der Waals surface area contributed by atoms with Crippen LogP contribution in [0.15, 0.2) is 35.3 Å². The Morgan fingerprint density at radius 3 is 2.76 bits per heavy atom. The molecule has 1 aromatic heterocycles. The molecule has 128 valence electrons. The number of fused-ring (bicyclic) bond motifs is 2. The van der Waals surface area contributed by atoms with Crippen LogP contribution in [0.3, 0.4) is 0 Å². The second-order valence-corrected chi connectivity index (χ2v) is 7.15. The van der Waals surface area contributed by atoms with Gasteiger partial charge in [-0.2, -0.15) is 4.99 Å². The SMILES string of the molecule is Cc1c(Cl)ccc2sc(=NC(=O)c3ccc4c(c3)OCCO4)n(C)c12. The van der Waals surface area contributed by atoms with E-state index in [1.54, 1.807) is 18.2 Å². The summed E-state index contributed by atoms with van der Waals surface area (Å²) in [4.78, 5) is 17.5. The highest BCUT2D eigenvalue weighted by atomic mass is 35.5. The van der Waals surface area contributed by atoms with E-state index in [1.165, 1.54) is 11.3 Å². The largest absolute Gasteiger partial charge is 0.486 e. The Bertz CT molecular complexity index is 1070. The van der Waals surface area contributed by atoms with E-state index in [0.717, 1.165) is 15.8 Å². The lowest BCUT2D eigenvalue weighted by molar-refractivity contribution is 0.0996. The minimum absolute atomic E-state index is 0.317. The number of carbonyl (C=O) groups excluding carboxylic acids is 1. The Kier molecular flexibility index (Phi) is 4.01. The maximum Gasteiger partial charge on any atom is 0.279 e. The van der Waals surface area contributed by atoms with Crippen LogP contribution in [0.5, 0.6) is 11.5 Å². The molecule has 0 fully saturated rings. The average Bonchev–Trinajstić information content (AvgIpc) is 2.94. The first-order chi connectivity index (χ1) is 12.0. The van der Waals surface area contributed by atoms with E-state index in [9.17, 15) is 4.79 Å². The van der Waals surface area contributed by atoms with Gasteiger partial charge in [0.25, 0.3) is 5.91 Å². The van der Waals surface area contributed by atoms with Crippen molar-refractivity contribution in [3.8, 4) is 11.5 Å². The molecule has 7 heteroatoms. The van der Waals surface area contributed by atoms with Crippen LogP contribution in [0, 0.1) is 6.92 Å². The number of carbonyl (C=O) groups is 1. The van der Waals surface area contributed by atoms with Crippen LogP contribution in [0.25, 0.3) is 10.2 Å². The number of nitrogens with zero attached hydrogens (tertiary/aromatic N) is 2. The highest BCUT2D eigenvalue weighted by Gasteiger charge is 2.15. The third-order valence-electron chi connectivity index (χ3n) is 4.14. The van der Waals surface area contributed by atoms with E-state index < -0.39 is 0 Å². The molecule has 0 atom stereocenters. The van der Waals surface area contributed by atoms with Crippen molar-refractivity contribution < 1.29 is 14.3 Å². The lowest BCUT2D eigenvalue weighted by atomic mass is 10.2. The van der Waals surface area contributed by atoms with E-state index in [0.29, 0.717) is 40.1 Å². The fraction of sp³-hybridized carbons (Fsp3) is 0.222. The van der Waals surface area contributed by atoms with E-state index in [4.69, 9.17) is 21.1 Å². The van der Waals surface area contributed by atoms with Crippen molar-refractivity contribution in [2.24, 2.45) is 12.0 Å². The van der Waals surface area contributed by atoms with Crippen molar-refractivity contribution in [3.05, 3.63) is 51.3 Å². The van der Waals surface area contributed by atoms with Gasteiger partial charge in [-0.3, -0.25) is 4.79 Å². The molecule has 4 rings (SSSR count). The van der Waals surface area contributed by atoms with E-state index >= 15 is 0 Å². The second kappa shape index (κ2) is 6.20. The normalized spacial score (nSPS) is 14.1. The van der Waals surface area contributed by atoms with Crippen molar-refractivity contribution in [2.75, 3.05) is 13.2 Å². The standard InChI is InChI=1S/C18H15ClN2O3S/c1-10-12(19)4-6-15-16(10)21(2)18(25-15)20-17(22)11-3-5-13-14(9-11)24-8-7-23-13/h3-6,9H,7-8H2,1-2H3. The molecule has 2 heterocycles. The summed E-state index contributed by atoms with van der Waals surface area (Å²) < 4.78 is 13.9. The first-order valence-corrected chi connectivity index (χ1v) is 8.97. The maximum atomic E-state index is 12.6. The molecule has 0 spiro atoms. The minimum atomic E-state index is -0.317. The number of ether oxygens (including phenoxy) is 2. The lowest BCUT2D eigenvalue weighted by Gasteiger charge is -2.18. The zero-order chi connectivity index (χ0) is 17.6. The van der Waals surface area contributed by atoms with E-state index in [1.807, 2.05) is 30.7 Å². The topological polar surface area (TPSA) is 52.8 Å². The number of rotatable bonds is 1. The number of benzene rings is 2. The third-order valence-corrected chi connectivity index (χ3v) is 5.64. The number of thiazole rings is 1. The molecular formula is C18H15ClN2O3S. The van der Waals surface area contributed by atoms with Crippen molar-refractivity contribution in [1.29, 1.82) is 0 Å². The van der Waals surface area contributed by atoms with E-state index in [2.05, 4.69) is 4.99 Å². The van der Waals surface area contributed by atoms with Gasteiger partial charge in [0.15, 0.2) is 16.3 Å². The number of aromatic nitrogens is 1. The molecule has 25 heavy (non-hydrogen) atoms. The molecule has 1 amide bonds. The highest BCUT2D eigenvalue weighted by Crippen LogP contribution is 2.31. The van der Waals surface area contributed by atoms with Gasteiger partial charge >= 0.3 is 0 Å². The van der Waals surface area contributed by atoms with Crippen molar-refractivity contribution in [3.63, 3.8) is 0 Å². The second-order valence-electron chi connectivity index (χ2n) is 5.74. The molecule has 0 bridgehead atoms. The minimum Gasteiger partial charge on any atom is -0.486 e. The first kappa shape index (κ1) is 16.2. The molecule has 0 radical (unpaired) electrons. The maximum absolute atomic E-state index is 12.6. The summed E-state index contributed by atoms with van der Waals surface area (Å²) in [6.45, 7) is 2.96. The smallest absolute Gasteiger partial charge is 0.279 e. The summed E-state index contributed by atoms with van der Waals surface area (Å²) >= 11 is 7.67. The third kappa shape index (κ3) is 2.81. The molecular weight excluding hydrogens is 360 g/mol. The predicted octanol–water partition coefficient (Wildman–Crippen LogP) is 3.71. The molecule has 1 aliphatic heterocycles. The van der Waals surface area contributed by atoms with Crippen molar-refractivity contribution >= 4 is 39.1 Å². The van der Waals surface area contributed by atoms with Gasteiger partial charge in [-0.1, -0.05) is 22.9 Å². The molecule has 0 unspecified atom stereocenters. The van der Waals surface area contributed by atoms with Gasteiger partial charge in [-0.15, -0.1) is 0 Å². The Labute approximate surface area is 153 Å². The van der Waals surface area contributed by atoms with Crippen molar-refractivity contribution in [1.82, 2.24) is 4.57 Å². The quantitative estimate of drug-likeness (QED) is 0.652. The Morgan fingerprint density at radius 2 is 1.96 bits per heavy atom. The van der Waals surface area contributed by atoms with Gasteiger partial charge < -0.3 is 14.0 Å². The van der Waals surface area contributed by atoms with Crippen LogP contribution < -0.4 is 14.3 Å². The van der Waals surface area contributed by atoms with Crippen LogP contribution in [-0.2, 0) is 7.05 Å². The molecule has 1 aliphatic rings. The zero-order valence-electron chi connectivity index (χ0n) is 13.7. The van der Waals surface area contributed by atoms with E-state index in [-0.39, 0.29) is 5.91 Å². The number of halogens is 1. The van der Waals surface area contributed by atoms with Gasteiger partial charge in [0.2, 0.25) is 0 Å². The molecule has 3 aromatic rings. The van der Waals surface area contributed by atoms with Gasteiger partial charge in [-0.05, 0) is 42.8 Å². The Balaban J connectivity index is 1.78. The summed E-state index contributed by atoms with van der Waals surface area (Å²) in [5, 5.41) is 0.700. The van der Waals surface area contributed by atoms with Crippen molar-refractivity contribution in [2.45, 2.75) is 6.92 Å². The summed E-state index contributed by atoms with van der Waals surface area (Å²) in [5.41, 5.74) is 2.44. The highest BCUT2D eigenvalue weighted by molar-refractivity contribution is 7.16. The summed E-state index contributed by atoms with van der Waals surface area (Å²) in [5.74, 6) is 0.916. The molecule has 0 saturated heterocycles. The Morgan fingerprint density at radius 1 is 1.20 bits per heavy atom. The monoisotopic (exact) mass is 374 g/mol. The molecule has 2 aromatic carbocycles. The average molecular weight is 375 g/mol. The lowest BCUT2D eigenvalue weighted by Crippen LogP contribution is -2.16. The fourth-order valence-corrected chi connectivity index (χ4v) is 4.07. The van der Waals surface area contributed by atoms with Crippen LogP contribution in [0.4, 0.5) is 0 Å². The Hall–Kier alpha value is -2.31. The number of hydrogen-bond donors (Lipinski definition) is 0. The molecule has 0 N–H and O–H groups in total. The van der Waals surface area contributed by atoms with Crippen LogP contribution in [-0.4, -0.2) is 23.7 Å². The van der Waals surface area contributed by atoms with Crippen LogP contribution in [0.1, 0.15) is 15.9 Å². The van der Waals surface area contributed by atoms with Gasteiger partial charge in [0.1, 0.15) is 13.2 Å². The summed E-state index contributed by atoms with van der Waals surface area (Å²) in [6, 6.07) is 8.93. The van der Waals surface area contributed by atoms with Gasteiger partial charge in [0.05, 0.1) is 10.2 Å². The predicted molar refractivity (Wildman–Crippen MR) is 97.9 cm³/mol. The zero-order valence-corrected chi connectivity index (χ0v) is 15.3.